The summed E-state index contributed by atoms with van der Waals surface area (Å²) in [4.78, 5) is 0. The Labute approximate surface area is 66.6 Å². The minimum Gasteiger partial charge on any atom is -0.617 e. The quantitative estimate of drug-likeness (QED) is 0.535. The van der Waals surface area contributed by atoms with Crippen LogP contribution in [0.25, 0.3) is 0 Å². The van der Waals surface area contributed by atoms with Gasteiger partial charge in [-0.05, 0) is 25.9 Å². The lowest BCUT2D eigenvalue weighted by Crippen LogP contribution is -2.21. The van der Waals surface area contributed by atoms with Gasteiger partial charge in [-0.1, -0.05) is 17.6 Å². The molecule has 1 saturated heterocycles. The Hall–Kier alpha value is 0.270. The molecule has 3 heteroatoms. The minimum atomic E-state index is -0.611. The SMILES string of the molecule is C1CCNCC1.C[S+](C)[O-]. The fourth-order valence-electron chi connectivity index (χ4n) is 0.802. The molecule has 0 saturated carbocycles. The number of hydrogen-bond acceptors (Lipinski definition) is 2. The number of rotatable bonds is 0. The predicted molar refractivity (Wildman–Crippen MR) is 46.7 cm³/mol. The van der Waals surface area contributed by atoms with Crippen molar-refractivity contribution in [3.05, 3.63) is 0 Å². The lowest BCUT2D eigenvalue weighted by molar-refractivity contribution is 0.520. The molecule has 0 radical (unpaired) electrons. The van der Waals surface area contributed by atoms with Crippen LogP contribution >= 0.6 is 0 Å². The number of nitrogens with one attached hydrogen (secondary N) is 1. The molecule has 1 rings (SSSR count). The van der Waals surface area contributed by atoms with E-state index in [1.807, 2.05) is 0 Å². The van der Waals surface area contributed by atoms with E-state index in [-0.39, 0.29) is 0 Å². The summed E-state index contributed by atoms with van der Waals surface area (Å²) in [6, 6.07) is 0. The van der Waals surface area contributed by atoms with Crippen LogP contribution in [0.3, 0.4) is 0 Å². The third-order valence-corrected chi connectivity index (χ3v) is 1.21. The van der Waals surface area contributed by atoms with E-state index in [9.17, 15) is 4.55 Å². The first-order valence-electron chi connectivity index (χ1n) is 3.69. The summed E-state index contributed by atoms with van der Waals surface area (Å²) >= 11 is -0.611. The maximum atomic E-state index is 9.56. The average Bonchev–Trinajstić information content (AvgIpc) is 1.90. The van der Waals surface area contributed by atoms with Crippen LogP contribution in [0.5, 0.6) is 0 Å². The first-order valence-corrected chi connectivity index (χ1v) is 5.66. The van der Waals surface area contributed by atoms with Crippen molar-refractivity contribution >= 4 is 11.2 Å². The molecular formula is C7H17NOS. The van der Waals surface area contributed by atoms with Crippen LogP contribution in [0.1, 0.15) is 19.3 Å². The van der Waals surface area contributed by atoms with Gasteiger partial charge in [0.2, 0.25) is 0 Å². The zero-order valence-electron chi connectivity index (χ0n) is 6.85. The first kappa shape index (κ1) is 10.3. The number of hydrogen-bond donors (Lipinski definition) is 1. The zero-order chi connectivity index (χ0) is 7.82. The average molecular weight is 163 g/mol. The van der Waals surface area contributed by atoms with E-state index in [0.717, 1.165) is 0 Å². The Morgan fingerprint density at radius 2 is 1.50 bits per heavy atom. The van der Waals surface area contributed by atoms with E-state index in [1.165, 1.54) is 32.4 Å². The molecule has 0 aromatic heterocycles. The van der Waals surface area contributed by atoms with Crippen molar-refractivity contribution in [1.29, 1.82) is 0 Å². The monoisotopic (exact) mass is 163 g/mol. The molecule has 0 aliphatic carbocycles. The molecule has 0 bridgehead atoms. The van der Waals surface area contributed by atoms with Crippen LogP contribution in [0.15, 0.2) is 0 Å². The van der Waals surface area contributed by atoms with Gasteiger partial charge >= 0.3 is 0 Å². The molecule has 2 nitrogen and oxygen atoms in total. The van der Waals surface area contributed by atoms with E-state index in [2.05, 4.69) is 5.32 Å². The topological polar surface area (TPSA) is 35.1 Å². The maximum absolute atomic E-state index is 9.56. The third kappa shape index (κ3) is 11.1. The van der Waals surface area contributed by atoms with Crippen LogP contribution < -0.4 is 5.32 Å². The van der Waals surface area contributed by atoms with Gasteiger partial charge in [-0.2, -0.15) is 0 Å². The minimum absolute atomic E-state index is 0.611. The Balaban J connectivity index is 0.000000180. The summed E-state index contributed by atoms with van der Waals surface area (Å²) in [6.07, 6.45) is 7.49. The van der Waals surface area contributed by atoms with Crippen LogP contribution in [-0.4, -0.2) is 30.2 Å². The Morgan fingerprint density at radius 1 is 1.10 bits per heavy atom. The van der Waals surface area contributed by atoms with Gasteiger partial charge in [-0.3, -0.25) is 0 Å². The van der Waals surface area contributed by atoms with E-state index in [4.69, 9.17) is 0 Å². The molecule has 1 aliphatic rings. The molecular weight excluding hydrogens is 146 g/mol. The second kappa shape index (κ2) is 7.38. The van der Waals surface area contributed by atoms with Crippen molar-refractivity contribution in [3.8, 4) is 0 Å². The predicted octanol–water partition coefficient (Wildman–Crippen LogP) is 0.755. The fourth-order valence-corrected chi connectivity index (χ4v) is 0.802. The standard InChI is InChI=1S/C5H11N.C2H6OS/c1-2-4-6-5-3-1;1-4(2)3/h6H,1-5H2;1-2H3. The summed E-state index contributed by atoms with van der Waals surface area (Å²) in [6.45, 7) is 2.50. The molecule has 0 amide bonds. The molecule has 62 valence electrons. The van der Waals surface area contributed by atoms with E-state index in [1.54, 1.807) is 12.5 Å². The Morgan fingerprint density at radius 3 is 1.60 bits per heavy atom. The van der Waals surface area contributed by atoms with E-state index in [0.29, 0.717) is 0 Å². The largest absolute Gasteiger partial charge is 0.617 e. The second-order valence-electron chi connectivity index (χ2n) is 2.55. The highest BCUT2D eigenvalue weighted by Gasteiger charge is 1.93. The highest BCUT2D eigenvalue weighted by molar-refractivity contribution is 7.89. The van der Waals surface area contributed by atoms with Gasteiger partial charge in [-0.15, -0.1) is 0 Å². The second-order valence-corrected chi connectivity index (χ2v) is 4.04. The highest BCUT2D eigenvalue weighted by Crippen LogP contribution is 1.96. The highest BCUT2D eigenvalue weighted by atomic mass is 32.2. The molecule has 1 N–H and O–H groups in total. The molecule has 0 unspecified atom stereocenters. The molecule has 10 heavy (non-hydrogen) atoms. The summed E-state index contributed by atoms with van der Waals surface area (Å²) in [7, 11) is 0. The molecule has 0 aromatic rings. The summed E-state index contributed by atoms with van der Waals surface area (Å²) < 4.78 is 9.56. The molecule has 1 aliphatic heterocycles. The Bertz CT molecular complexity index is 50.4. The van der Waals surface area contributed by atoms with Crippen LogP contribution in [-0.2, 0) is 11.2 Å². The maximum Gasteiger partial charge on any atom is 0.0946 e. The normalized spacial score (nSPS) is 18.0. The fraction of sp³-hybridized carbons (Fsp3) is 1.00. The third-order valence-electron chi connectivity index (χ3n) is 1.21. The van der Waals surface area contributed by atoms with Crippen molar-refractivity contribution in [1.82, 2.24) is 5.32 Å². The molecule has 0 atom stereocenters. The smallest absolute Gasteiger partial charge is 0.0946 e. The van der Waals surface area contributed by atoms with Crippen LogP contribution in [0.4, 0.5) is 0 Å². The molecule has 0 aromatic carbocycles. The van der Waals surface area contributed by atoms with Gasteiger partial charge in [0.05, 0.1) is 12.5 Å². The first-order chi connectivity index (χ1) is 4.73. The molecule has 1 heterocycles. The van der Waals surface area contributed by atoms with Crippen LogP contribution in [0.2, 0.25) is 0 Å². The van der Waals surface area contributed by atoms with Crippen LogP contribution in [0, 0.1) is 0 Å². The lowest BCUT2D eigenvalue weighted by atomic mass is 10.2. The van der Waals surface area contributed by atoms with Gasteiger partial charge in [0.1, 0.15) is 0 Å². The summed E-state index contributed by atoms with van der Waals surface area (Å²) in [5.41, 5.74) is 0. The van der Waals surface area contributed by atoms with E-state index >= 15 is 0 Å². The van der Waals surface area contributed by atoms with Gasteiger partial charge < -0.3 is 9.87 Å². The van der Waals surface area contributed by atoms with Crippen molar-refractivity contribution in [3.63, 3.8) is 0 Å². The van der Waals surface area contributed by atoms with Gasteiger partial charge in [0.15, 0.2) is 0 Å². The van der Waals surface area contributed by atoms with Crippen molar-refractivity contribution in [2.24, 2.45) is 0 Å². The van der Waals surface area contributed by atoms with Crippen molar-refractivity contribution in [2.45, 2.75) is 19.3 Å². The summed E-state index contributed by atoms with van der Waals surface area (Å²) in [5, 5.41) is 3.28. The van der Waals surface area contributed by atoms with Gasteiger partial charge in [0, 0.05) is 0 Å². The van der Waals surface area contributed by atoms with Gasteiger partial charge in [0.25, 0.3) is 0 Å². The zero-order valence-corrected chi connectivity index (χ0v) is 7.67. The number of piperidine rings is 1. The molecule has 0 spiro atoms. The van der Waals surface area contributed by atoms with Gasteiger partial charge in [-0.25, -0.2) is 0 Å². The van der Waals surface area contributed by atoms with Crippen molar-refractivity contribution in [2.75, 3.05) is 25.6 Å². The van der Waals surface area contributed by atoms with E-state index < -0.39 is 11.2 Å². The lowest BCUT2D eigenvalue weighted by Gasteiger charge is -2.08. The van der Waals surface area contributed by atoms with Crippen molar-refractivity contribution < 1.29 is 4.55 Å². The Kier molecular flexibility index (Phi) is 7.58. The molecule has 1 fully saturated rings. The summed E-state index contributed by atoms with van der Waals surface area (Å²) in [5.74, 6) is 0.